The van der Waals surface area contributed by atoms with Gasteiger partial charge in [0, 0.05) is 31.8 Å². The number of carbonyl (C=O) groups is 2. The third-order valence-corrected chi connectivity index (χ3v) is 4.95. The van der Waals surface area contributed by atoms with Crippen LogP contribution in [0.5, 0.6) is 5.75 Å². The van der Waals surface area contributed by atoms with Gasteiger partial charge < -0.3 is 25.2 Å². The number of rotatable bonds is 9. The molecule has 33 heavy (non-hydrogen) atoms. The van der Waals surface area contributed by atoms with E-state index < -0.39 is 5.91 Å². The Labute approximate surface area is 189 Å². The minimum atomic E-state index is -0.431. The van der Waals surface area contributed by atoms with Crippen LogP contribution in [0.3, 0.4) is 0 Å². The normalized spacial score (nSPS) is 12.7. The summed E-state index contributed by atoms with van der Waals surface area (Å²) in [6.07, 6.45) is 6.77. The van der Waals surface area contributed by atoms with Crippen molar-refractivity contribution >= 4 is 29.1 Å². The number of pyridine rings is 2. The summed E-state index contributed by atoms with van der Waals surface area (Å²) in [5, 5.41) is 12.3. The number of methoxy groups -OCH3 is 1. The number of nitrogens with zero attached hydrogens (tertiary/aromatic N) is 4. The second-order valence-corrected chi connectivity index (χ2v) is 7.49. The van der Waals surface area contributed by atoms with Crippen molar-refractivity contribution in [3.8, 4) is 17.1 Å². The van der Waals surface area contributed by atoms with Crippen molar-refractivity contribution in [3.63, 3.8) is 0 Å². The highest BCUT2D eigenvalue weighted by Gasteiger charge is 2.25. The quantitative estimate of drug-likeness (QED) is 0.448. The van der Waals surface area contributed by atoms with Gasteiger partial charge in [-0.15, -0.1) is 0 Å². The Morgan fingerprint density at radius 2 is 2.15 bits per heavy atom. The fraction of sp³-hybridized carbons (Fsp3) is 0.273. The first-order valence-electron chi connectivity index (χ1n) is 10.3. The van der Waals surface area contributed by atoms with Crippen molar-refractivity contribution in [3.05, 3.63) is 48.8 Å². The van der Waals surface area contributed by atoms with Gasteiger partial charge in [0.25, 0.3) is 5.91 Å². The van der Waals surface area contributed by atoms with Crippen molar-refractivity contribution in [2.45, 2.75) is 26.2 Å². The molecule has 0 aromatic carbocycles. The Morgan fingerprint density at radius 3 is 2.82 bits per heavy atom. The van der Waals surface area contributed by atoms with E-state index in [1.54, 1.807) is 25.3 Å². The predicted molar refractivity (Wildman–Crippen MR) is 120 cm³/mol. The Kier molecular flexibility index (Phi) is 6.29. The minimum absolute atomic E-state index is 0.121. The molecule has 11 nitrogen and oxygen atoms in total. The molecule has 0 spiro atoms. The van der Waals surface area contributed by atoms with E-state index in [0.29, 0.717) is 52.7 Å². The standard InChI is InChI=1S/C22H23N7O4/c1-4-23-22(31)15-11-25-17(28-18(30)9-13-5-6-13)10-16(15)27-21-19(32-3)14(7-8-24-21)20-26-12(2)33-29-20/h4,7-8,10-11,13H,1,5-6,9H2,2-3H3,(H,23,31)(H2,24,25,27,28,30). The summed E-state index contributed by atoms with van der Waals surface area (Å²) in [6.45, 7) is 5.20. The summed E-state index contributed by atoms with van der Waals surface area (Å²) < 4.78 is 10.6. The maximum atomic E-state index is 12.6. The van der Waals surface area contributed by atoms with Crippen molar-refractivity contribution in [1.29, 1.82) is 0 Å². The van der Waals surface area contributed by atoms with Crippen LogP contribution in [-0.4, -0.2) is 39.0 Å². The van der Waals surface area contributed by atoms with E-state index in [4.69, 9.17) is 9.26 Å². The fourth-order valence-electron chi connectivity index (χ4n) is 3.21. The molecule has 2 amide bonds. The van der Waals surface area contributed by atoms with Gasteiger partial charge in [0.05, 0.1) is 23.9 Å². The van der Waals surface area contributed by atoms with Gasteiger partial charge in [0.2, 0.25) is 17.6 Å². The number of amides is 2. The summed E-state index contributed by atoms with van der Waals surface area (Å²) in [5.74, 6) is 1.59. The Morgan fingerprint density at radius 1 is 1.33 bits per heavy atom. The Hall–Kier alpha value is -4.28. The summed E-state index contributed by atoms with van der Waals surface area (Å²) in [6, 6.07) is 3.25. The summed E-state index contributed by atoms with van der Waals surface area (Å²) in [5.41, 5.74) is 1.13. The van der Waals surface area contributed by atoms with Gasteiger partial charge in [0.1, 0.15) is 5.82 Å². The lowest BCUT2D eigenvalue weighted by atomic mass is 10.2. The summed E-state index contributed by atoms with van der Waals surface area (Å²) in [4.78, 5) is 37.6. The van der Waals surface area contributed by atoms with Crippen LogP contribution in [0.25, 0.3) is 11.4 Å². The van der Waals surface area contributed by atoms with Crippen LogP contribution < -0.4 is 20.7 Å². The average molecular weight is 449 g/mol. The number of aryl methyl sites for hydroxylation is 1. The van der Waals surface area contributed by atoms with Crippen LogP contribution in [0.1, 0.15) is 35.5 Å². The van der Waals surface area contributed by atoms with E-state index in [2.05, 4.69) is 42.6 Å². The van der Waals surface area contributed by atoms with E-state index in [1.807, 2.05) is 0 Å². The summed E-state index contributed by atoms with van der Waals surface area (Å²) >= 11 is 0. The van der Waals surface area contributed by atoms with Gasteiger partial charge in [-0.3, -0.25) is 9.59 Å². The Balaban J connectivity index is 1.68. The molecule has 0 bridgehead atoms. The zero-order valence-electron chi connectivity index (χ0n) is 18.2. The van der Waals surface area contributed by atoms with E-state index in [1.165, 1.54) is 19.5 Å². The molecular weight excluding hydrogens is 426 g/mol. The molecule has 0 aliphatic heterocycles. The van der Waals surface area contributed by atoms with Gasteiger partial charge in [-0.1, -0.05) is 11.7 Å². The number of ether oxygens (including phenoxy) is 1. The number of hydrogen-bond donors (Lipinski definition) is 3. The SMILES string of the molecule is C=CNC(=O)c1cnc(NC(=O)CC2CC2)cc1Nc1nccc(-c2noc(C)n2)c1OC. The highest BCUT2D eigenvalue weighted by molar-refractivity contribution is 6.01. The van der Waals surface area contributed by atoms with Crippen molar-refractivity contribution in [2.75, 3.05) is 17.7 Å². The molecule has 11 heteroatoms. The molecule has 3 aromatic rings. The third-order valence-electron chi connectivity index (χ3n) is 4.95. The van der Waals surface area contributed by atoms with Gasteiger partial charge in [-0.2, -0.15) is 4.98 Å². The molecule has 0 atom stereocenters. The second kappa shape index (κ2) is 9.47. The van der Waals surface area contributed by atoms with Crippen LogP contribution in [0.2, 0.25) is 0 Å². The van der Waals surface area contributed by atoms with Crippen LogP contribution in [0.4, 0.5) is 17.3 Å². The number of anilines is 3. The number of aromatic nitrogens is 4. The molecular formula is C22H23N7O4. The number of nitrogens with one attached hydrogen (secondary N) is 3. The molecule has 1 aliphatic rings. The van der Waals surface area contributed by atoms with E-state index >= 15 is 0 Å². The molecule has 3 N–H and O–H groups in total. The zero-order chi connectivity index (χ0) is 23.4. The third kappa shape index (κ3) is 5.14. The molecule has 1 aliphatic carbocycles. The molecule has 170 valence electrons. The lowest BCUT2D eigenvalue weighted by Gasteiger charge is -2.15. The monoisotopic (exact) mass is 449 g/mol. The van der Waals surface area contributed by atoms with E-state index in [9.17, 15) is 9.59 Å². The molecule has 0 unspecified atom stereocenters. The number of carbonyl (C=O) groups excluding carboxylic acids is 2. The first-order valence-corrected chi connectivity index (χ1v) is 10.3. The molecule has 1 fully saturated rings. The Bertz CT molecular complexity index is 1200. The molecule has 4 rings (SSSR count). The van der Waals surface area contributed by atoms with Gasteiger partial charge in [-0.05, 0) is 31.0 Å². The average Bonchev–Trinajstić information content (AvgIpc) is 3.50. The van der Waals surface area contributed by atoms with Crippen LogP contribution in [0, 0.1) is 12.8 Å². The molecule has 1 saturated carbocycles. The minimum Gasteiger partial charge on any atom is -0.492 e. The van der Waals surface area contributed by atoms with E-state index in [0.717, 1.165) is 12.8 Å². The highest BCUT2D eigenvalue weighted by atomic mass is 16.5. The van der Waals surface area contributed by atoms with Crippen molar-refractivity contribution in [1.82, 2.24) is 25.4 Å². The first kappa shape index (κ1) is 21.9. The van der Waals surface area contributed by atoms with Crippen LogP contribution >= 0.6 is 0 Å². The predicted octanol–water partition coefficient (Wildman–Crippen LogP) is 3.20. The molecule has 0 radical (unpaired) electrons. The van der Waals surface area contributed by atoms with Gasteiger partial charge in [-0.25, -0.2) is 9.97 Å². The lowest BCUT2D eigenvalue weighted by molar-refractivity contribution is -0.116. The van der Waals surface area contributed by atoms with Crippen molar-refractivity contribution < 1.29 is 18.8 Å². The lowest BCUT2D eigenvalue weighted by Crippen LogP contribution is -2.19. The van der Waals surface area contributed by atoms with E-state index in [-0.39, 0.29) is 11.5 Å². The van der Waals surface area contributed by atoms with Gasteiger partial charge in [0.15, 0.2) is 11.6 Å². The zero-order valence-corrected chi connectivity index (χ0v) is 18.2. The van der Waals surface area contributed by atoms with Crippen LogP contribution in [-0.2, 0) is 4.79 Å². The smallest absolute Gasteiger partial charge is 0.258 e. The first-order chi connectivity index (χ1) is 16.0. The van der Waals surface area contributed by atoms with Gasteiger partial charge >= 0.3 is 0 Å². The number of hydrogen-bond acceptors (Lipinski definition) is 9. The highest BCUT2D eigenvalue weighted by Crippen LogP contribution is 2.36. The summed E-state index contributed by atoms with van der Waals surface area (Å²) in [7, 11) is 1.49. The molecule has 3 aromatic heterocycles. The maximum Gasteiger partial charge on any atom is 0.258 e. The van der Waals surface area contributed by atoms with Crippen LogP contribution in [0.15, 0.2) is 41.8 Å². The molecule has 3 heterocycles. The maximum absolute atomic E-state index is 12.6. The van der Waals surface area contributed by atoms with Crippen molar-refractivity contribution in [2.24, 2.45) is 5.92 Å². The fourth-order valence-corrected chi connectivity index (χ4v) is 3.21. The molecule has 0 saturated heterocycles. The topological polar surface area (TPSA) is 144 Å². The second-order valence-electron chi connectivity index (χ2n) is 7.49. The largest absolute Gasteiger partial charge is 0.492 e.